The first-order valence-corrected chi connectivity index (χ1v) is 4.96. The van der Waals surface area contributed by atoms with Crippen LogP contribution in [0.4, 0.5) is 4.79 Å². The summed E-state index contributed by atoms with van der Waals surface area (Å²) in [7, 11) is 1.85. The summed E-state index contributed by atoms with van der Waals surface area (Å²) in [6.07, 6.45) is 1.05. The minimum Gasteiger partial charge on any atom is -0.326 e. The van der Waals surface area contributed by atoms with Crippen LogP contribution in [0.3, 0.4) is 0 Å². The molecule has 1 aliphatic heterocycles. The Labute approximate surface area is 79.9 Å². The van der Waals surface area contributed by atoms with Gasteiger partial charge in [0.2, 0.25) is 0 Å². The van der Waals surface area contributed by atoms with E-state index in [4.69, 9.17) is 0 Å². The first kappa shape index (κ1) is 10.3. The van der Waals surface area contributed by atoms with Crippen molar-refractivity contribution in [1.82, 2.24) is 15.1 Å². The molecule has 4 nitrogen and oxygen atoms in total. The lowest BCUT2D eigenvalue weighted by Gasteiger charge is -2.15. The Morgan fingerprint density at radius 2 is 2.23 bits per heavy atom. The van der Waals surface area contributed by atoms with Crippen LogP contribution in [-0.4, -0.2) is 55.6 Å². The lowest BCUT2D eigenvalue weighted by atomic mass is 10.4. The maximum Gasteiger partial charge on any atom is 0.319 e. The molecule has 0 unspecified atom stereocenters. The Hall–Kier alpha value is -0.770. The van der Waals surface area contributed by atoms with Crippen LogP contribution in [0.15, 0.2) is 0 Å². The lowest BCUT2D eigenvalue weighted by Crippen LogP contribution is -2.31. The maximum absolute atomic E-state index is 11.4. The van der Waals surface area contributed by atoms with Gasteiger partial charge < -0.3 is 15.1 Å². The number of urea groups is 1. The molecule has 76 valence electrons. The topological polar surface area (TPSA) is 35.6 Å². The molecule has 0 saturated carbocycles. The largest absolute Gasteiger partial charge is 0.326 e. The molecule has 0 aliphatic carbocycles. The van der Waals surface area contributed by atoms with Gasteiger partial charge in [0, 0.05) is 26.7 Å². The van der Waals surface area contributed by atoms with Gasteiger partial charge in [0.05, 0.1) is 0 Å². The lowest BCUT2D eigenvalue weighted by molar-refractivity contribution is 0.198. The fourth-order valence-electron chi connectivity index (χ4n) is 1.48. The zero-order valence-corrected chi connectivity index (χ0v) is 8.55. The van der Waals surface area contributed by atoms with E-state index in [0.717, 1.165) is 39.1 Å². The normalized spacial score (nSPS) is 17.2. The summed E-state index contributed by atoms with van der Waals surface area (Å²) in [5.41, 5.74) is 0. The van der Waals surface area contributed by atoms with Gasteiger partial charge in [-0.05, 0) is 19.5 Å². The number of nitrogens with zero attached hydrogens (tertiary/aromatic N) is 2. The minimum atomic E-state index is 0.177. The van der Waals surface area contributed by atoms with Crippen LogP contribution in [0.25, 0.3) is 0 Å². The first-order valence-electron chi connectivity index (χ1n) is 4.96. The smallest absolute Gasteiger partial charge is 0.319 e. The third kappa shape index (κ3) is 2.88. The first-order chi connectivity index (χ1) is 6.25. The molecule has 0 spiro atoms. The van der Waals surface area contributed by atoms with Crippen molar-refractivity contribution in [3.63, 3.8) is 0 Å². The van der Waals surface area contributed by atoms with Gasteiger partial charge in [-0.2, -0.15) is 0 Å². The Morgan fingerprint density at radius 3 is 2.77 bits per heavy atom. The number of carbonyl (C=O) groups excluding carboxylic acids is 1. The molecule has 0 aromatic rings. The Bertz CT molecular complexity index is 172. The van der Waals surface area contributed by atoms with Crippen LogP contribution in [0, 0.1) is 0 Å². The summed E-state index contributed by atoms with van der Waals surface area (Å²) in [4.78, 5) is 15.1. The van der Waals surface area contributed by atoms with E-state index in [1.54, 1.807) is 4.90 Å². The molecule has 0 aromatic carbocycles. The molecule has 2 amide bonds. The highest BCUT2D eigenvalue weighted by Gasteiger charge is 2.23. The monoisotopic (exact) mass is 185 g/mol. The molecule has 0 radical (unpaired) electrons. The third-order valence-corrected chi connectivity index (χ3v) is 2.33. The second kappa shape index (κ2) is 5.07. The molecule has 1 saturated heterocycles. The van der Waals surface area contributed by atoms with Crippen LogP contribution in [0.5, 0.6) is 0 Å². The van der Waals surface area contributed by atoms with Gasteiger partial charge >= 0.3 is 6.03 Å². The molecule has 0 aromatic heterocycles. The second-order valence-electron chi connectivity index (χ2n) is 3.40. The highest BCUT2D eigenvalue weighted by molar-refractivity contribution is 5.76. The molecule has 0 atom stereocenters. The average Bonchev–Trinajstić information content (AvgIpc) is 2.43. The number of hydrogen-bond donors (Lipinski definition) is 1. The van der Waals surface area contributed by atoms with Gasteiger partial charge in [-0.3, -0.25) is 0 Å². The van der Waals surface area contributed by atoms with Crippen molar-refractivity contribution in [3.05, 3.63) is 0 Å². The Balaban J connectivity index is 2.12. The number of rotatable bonds is 5. The highest BCUT2D eigenvalue weighted by atomic mass is 16.2. The number of likely N-dealkylation sites (N-methyl/N-ethyl adjacent to an activating group) is 1. The molecule has 1 N–H and O–H groups in total. The van der Waals surface area contributed by atoms with Crippen LogP contribution >= 0.6 is 0 Å². The number of nitrogens with one attached hydrogen (secondary N) is 1. The van der Waals surface area contributed by atoms with E-state index in [1.165, 1.54) is 0 Å². The fourth-order valence-corrected chi connectivity index (χ4v) is 1.48. The Kier molecular flexibility index (Phi) is 4.02. The van der Waals surface area contributed by atoms with Crippen molar-refractivity contribution in [2.24, 2.45) is 0 Å². The standard InChI is InChI=1S/C9H19N3O/c1-3-10-5-4-6-12-8-7-11(2)9(12)13/h10H,3-8H2,1-2H3. The Morgan fingerprint density at radius 1 is 1.46 bits per heavy atom. The van der Waals surface area contributed by atoms with Gasteiger partial charge in [-0.1, -0.05) is 6.92 Å². The van der Waals surface area contributed by atoms with E-state index in [0.29, 0.717) is 0 Å². The van der Waals surface area contributed by atoms with E-state index in [-0.39, 0.29) is 6.03 Å². The van der Waals surface area contributed by atoms with Crippen LogP contribution in [0.2, 0.25) is 0 Å². The SMILES string of the molecule is CCNCCCN1CCN(C)C1=O. The van der Waals surface area contributed by atoms with Crippen molar-refractivity contribution in [2.45, 2.75) is 13.3 Å². The van der Waals surface area contributed by atoms with Crippen molar-refractivity contribution >= 4 is 6.03 Å². The van der Waals surface area contributed by atoms with Gasteiger partial charge in [-0.15, -0.1) is 0 Å². The van der Waals surface area contributed by atoms with E-state index in [9.17, 15) is 4.79 Å². The van der Waals surface area contributed by atoms with Crippen molar-refractivity contribution < 1.29 is 4.79 Å². The molecule has 13 heavy (non-hydrogen) atoms. The molecule has 1 heterocycles. The minimum absolute atomic E-state index is 0.177. The molecule has 0 bridgehead atoms. The fraction of sp³-hybridized carbons (Fsp3) is 0.889. The summed E-state index contributed by atoms with van der Waals surface area (Å²) in [6.45, 7) is 6.75. The summed E-state index contributed by atoms with van der Waals surface area (Å²) in [6, 6.07) is 0.177. The third-order valence-electron chi connectivity index (χ3n) is 2.33. The summed E-state index contributed by atoms with van der Waals surface area (Å²) in [5.74, 6) is 0. The number of amides is 2. The molecule has 1 aliphatic rings. The van der Waals surface area contributed by atoms with Crippen molar-refractivity contribution in [1.29, 1.82) is 0 Å². The summed E-state index contributed by atoms with van der Waals surface area (Å²) >= 11 is 0. The van der Waals surface area contributed by atoms with E-state index in [2.05, 4.69) is 12.2 Å². The van der Waals surface area contributed by atoms with Crippen molar-refractivity contribution in [2.75, 3.05) is 39.8 Å². The van der Waals surface area contributed by atoms with E-state index >= 15 is 0 Å². The number of hydrogen-bond acceptors (Lipinski definition) is 2. The predicted octanol–water partition coefficient (Wildman–Crippen LogP) is 0.353. The average molecular weight is 185 g/mol. The quantitative estimate of drug-likeness (QED) is 0.627. The van der Waals surface area contributed by atoms with Gasteiger partial charge in [-0.25, -0.2) is 4.79 Å². The molecular formula is C9H19N3O. The van der Waals surface area contributed by atoms with Gasteiger partial charge in [0.15, 0.2) is 0 Å². The highest BCUT2D eigenvalue weighted by Crippen LogP contribution is 2.05. The van der Waals surface area contributed by atoms with Crippen LogP contribution in [-0.2, 0) is 0 Å². The number of carbonyl (C=O) groups is 1. The molecular weight excluding hydrogens is 166 g/mol. The maximum atomic E-state index is 11.4. The summed E-state index contributed by atoms with van der Waals surface area (Å²) < 4.78 is 0. The molecule has 1 rings (SSSR count). The zero-order chi connectivity index (χ0) is 9.68. The van der Waals surface area contributed by atoms with Gasteiger partial charge in [0.25, 0.3) is 0 Å². The van der Waals surface area contributed by atoms with E-state index < -0.39 is 0 Å². The van der Waals surface area contributed by atoms with Crippen LogP contribution < -0.4 is 5.32 Å². The zero-order valence-electron chi connectivity index (χ0n) is 8.55. The molecule has 4 heteroatoms. The second-order valence-corrected chi connectivity index (χ2v) is 3.40. The van der Waals surface area contributed by atoms with Crippen molar-refractivity contribution in [3.8, 4) is 0 Å². The predicted molar refractivity (Wildman–Crippen MR) is 52.8 cm³/mol. The molecule has 1 fully saturated rings. The van der Waals surface area contributed by atoms with Crippen LogP contribution in [0.1, 0.15) is 13.3 Å². The van der Waals surface area contributed by atoms with Gasteiger partial charge in [0.1, 0.15) is 0 Å². The van der Waals surface area contributed by atoms with E-state index in [1.807, 2.05) is 11.9 Å². The summed E-state index contributed by atoms with van der Waals surface area (Å²) in [5, 5.41) is 3.25.